The number of nitrogens with one attached hydrogen (secondary N) is 2. The van der Waals surface area contributed by atoms with Gasteiger partial charge in [0, 0.05) is 30.0 Å². The number of hydrogen-bond donors (Lipinski definition) is 2. The summed E-state index contributed by atoms with van der Waals surface area (Å²) in [6.07, 6.45) is 7.08. The van der Waals surface area contributed by atoms with Gasteiger partial charge in [0.1, 0.15) is 0 Å². The first-order valence-corrected chi connectivity index (χ1v) is 7.74. The lowest BCUT2D eigenvalue weighted by atomic mass is 9.94. The largest absolute Gasteiger partial charge is 0.348 e. The average molecular weight is 254 g/mol. The van der Waals surface area contributed by atoms with Crippen LogP contribution in [0.3, 0.4) is 0 Å². The fourth-order valence-electron chi connectivity index (χ4n) is 2.50. The van der Waals surface area contributed by atoms with E-state index in [-0.39, 0.29) is 5.91 Å². The number of carbonyl (C=O) groups excluding carboxylic acids is 1. The molecule has 2 atom stereocenters. The van der Waals surface area contributed by atoms with Crippen molar-refractivity contribution in [3.8, 4) is 0 Å². The minimum atomic E-state index is 0.146. The minimum Gasteiger partial charge on any atom is -0.348 e. The summed E-state index contributed by atoms with van der Waals surface area (Å²) in [6.45, 7) is 3.72. The third-order valence-electron chi connectivity index (χ3n) is 3.87. The van der Waals surface area contributed by atoms with Crippen LogP contribution in [0, 0.1) is 0 Å². The van der Waals surface area contributed by atoms with E-state index in [4.69, 9.17) is 0 Å². The van der Waals surface area contributed by atoms with Crippen LogP contribution in [-0.4, -0.2) is 36.5 Å². The Kier molecular flexibility index (Phi) is 4.51. The summed E-state index contributed by atoms with van der Waals surface area (Å²) < 4.78 is 0. The van der Waals surface area contributed by atoms with Crippen molar-refractivity contribution in [1.82, 2.24) is 10.6 Å². The van der Waals surface area contributed by atoms with Gasteiger partial charge in [-0.3, -0.25) is 4.79 Å². The third kappa shape index (κ3) is 3.05. The van der Waals surface area contributed by atoms with E-state index in [0.29, 0.717) is 11.3 Å². The molecule has 3 nitrogen and oxygen atoms in total. The summed E-state index contributed by atoms with van der Waals surface area (Å²) in [6, 6.07) is 0.370. The molecule has 1 aliphatic carbocycles. The predicted molar refractivity (Wildman–Crippen MR) is 73.3 cm³/mol. The summed E-state index contributed by atoms with van der Waals surface area (Å²) in [4.78, 5) is 12.1. The predicted octanol–water partition coefficient (Wildman–Crippen LogP) is 1.70. The Morgan fingerprint density at radius 1 is 1.35 bits per heavy atom. The summed E-state index contributed by atoms with van der Waals surface area (Å²) >= 11 is 1.89. The van der Waals surface area contributed by atoms with Gasteiger partial charge >= 0.3 is 0 Å². The molecule has 2 fully saturated rings. The van der Waals surface area contributed by atoms with Crippen LogP contribution >= 0.6 is 11.8 Å². The van der Waals surface area contributed by atoms with Crippen LogP contribution in [0.4, 0.5) is 0 Å². The van der Waals surface area contributed by atoms with Crippen LogP contribution in [0.2, 0.25) is 0 Å². The first-order valence-electron chi connectivity index (χ1n) is 6.45. The smallest absolute Gasteiger partial charge is 0.247 e. The normalized spacial score (nSPS) is 28.5. The monoisotopic (exact) mass is 254 g/mol. The topological polar surface area (TPSA) is 41.1 Å². The highest BCUT2D eigenvalue weighted by atomic mass is 32.2. The highest BCUT2D eigenvalue weighted by Gasteiger charge is 2.26. The Labute approximate surface area is 108 Å². The van der Waals surface area contributed by atoms with Crippen LogP contribution in [0.25, 0.3) is 0 Å². The Bertz CT molecular complexity index is 321. The van der Waals surface area contributed by atoms with E-state index in [0.717, 1.165) is 25.1 Å². The molecule has 1 aliphatic heterocycles. The molecule has 0 aromatic carbocycles. The van der Waals surface area contributed by atoms with Crippen molar-refractivity contribution in [3.63, 3.8) is 0 Å². The maximum Gasteiger partial charge on any atom is 0.247 e. The molecule has 0 spiro atoms. The van der Waals surface area contributed by atoms with E-state index in [1.807, 2.05) is 18.7 Å². The second kappa shape index (κ2) is 5.91. The van der Waals surface area contributed by atoms with E-state index >= 15 is 0 Å². The van der Waals surface area contributed by atoms with Crippen molar-refractivity contribution in [2.45, 2.75) is 43.9 Å². The molecule has 0 bridgehead atoms. The van der Waals surface area contributed by atoms with E-state index in [1.54, 1.807) is 0 Å². The number of amides is 1. The molecular formula is C13H22N2OS. The van der Waals surface area contributed by atoms with E-state index in [9.17, 15) is 4.79 Å². The molecule has 17 heavy (non-hydrogen) atoms. The lowest BCUT2D eigenvalue weighted by molar-refractivity contribution is -0.118. The summed E-state index contributed by atoms with van der Waals surface area (Å²) in [5, 5.41) is 7.00. The van der Waals surface area contributed by atoms with Gasteiger partial charge in [0.15, 0.2) is 0 Å². The molecule has 0 aromatic heterocycles. The lowest BCUT2D eigenvalue weighted by Gasteiger charge is -2.31. The van der Waals surface area contributed by atoms with Gasteiger partial charge in [-0.25, -0.2) is 0 Å². The molecule has 0 radical (unpaired) electrons. The number of carbonyl (C=O) groups is 1. The van der Waals surface area contributed by atoms with Crippen molar-refractivity contribution >= 4 is 17.7 Å². The second-order valence-corrected chi connectivity index (χ2v) is 6.05. The molecule has 2 N–H and O–H groups in total. The molecular weight excluding hydrogens is 232 g/mol. The molecule has 1 saturated carbocycles. The van der Waals surface area contributed by atoms with Crippen LogP contribution < -0.4 is 10.6 Å². The maximum absolute atomic E-state index is 12.1. The van der Waals surface area contributed by atoms with E-state index in [2.05, 4.69) is 16.9 Å². The minimum absolute atomic E-state index is 0.146. The number of rotatable bonds is 3. The van der Waals surface area contributed by atoms with Crippen LogP contribution in [-0.2, 0) is 4.79 Å². The molecule has 1 heterocycles. The summed E-state index contributed by atoms with van der Waals surface area (Å²) in [5.41, 5.74) is 2.19. The highest BCUT2D eigenvalue weighted by Crippen LogP contribution is 2.27. The summed E-state index contributed by atoms with van der Waals surface area (Å²) in [5.74, 6) is 0.146. The number of thioether (sulfide) groups is 1. The average Bonchev–Trinajstić information content (AvgIpc) is 2.27. The van der Waals surface area contributed by atoms with Gasteiger partial charge in [-0.05, 0) is 31.6 Å². The quantitative estimate of drug-likeness (QED) is 0.753. The molecule has 96 valence electrons. The lowest BCUT2D eigenvalue weighted by Crippen LogP contribution is -2.45. The van der Waals surface area contributed by atoms with Gasteiger partial charge in [0.2, 0.25) is 5.91 Å². The molecule has 2 aliphatic rings. The zero-order valence-electron chi connectivity index (χ0n) is 10.7. The van der Waals surface area contributed by atoms with Crippen molar-refractivity contribution in [3.05, 3.63) is 11.1 Å². The zero-order chi connectivity index (χ0) is 12.3. The molecule has 0 aromatic rings. The van der Waals surface area contributed by atoms with Crippen molar-refractivity contribution in [2.75, 3.05) is 19.3 Å². The summed E-state index contributed by atoms with van der Waals surface area (Å²) in [7, 11) is 0. The van der Waals surface area contributed by atoms with Crippen LogP contribution in [0.5, 0.6) is 0 Å². The van der Waals surface area contributed by atoms with Gasteiger partial charge in [0.25, 0.3) is 0 Å². The molecule has 4 heteroatoms. The Balaban J connectivity index is 1.92. The molecule has 2 rings (SSSR count). The van der Waals surface area contributed by atoms with Gasteiger partial charge in [-0.1, -0.05) is 12.8 Å². The van der Waals surface area contributed by atoms with Crippen molar-refractivity contribution < 1.29 is 4.79 Å². The zero-order valence-corrected chi connectivity index (χ0v) is 11.5. The SMILES string of the molecule is CSC1CCCCC1NC(=O)C(C)=C1CNC1. The van der Waals surface area contributed by atoms with Crippen LogP contribution in [0.1, 0.15) is 32.6 Å². The second-order valence-electron chi connectivity index (χ2n) is 4.97. The third-order valence-corrected chi connectivity index (χ3v) is 5.04. The maximum atomic E-state index is 12.1. The Morgan fingerprint density at radius 3 is 2.65 bits per heavy atom. The van der Waals surface area contributed by atoms with Crippen molar-refractivity contribution in [1.29, 1.82) is 0 Å². The standard InChI is InChI=1S/C13H22N2OS/c1-9(10-7-14-8-10)13(16)15-11-5-3-4-6-12(11)17-2/h11-12,14H,3-8H2,1-2H3,(H,15,16). The molecule has 1 saturated heterocycles. The van der Waals surface area contributed by atoms with Crippen LogP contribution in [0.15, 0.2) is 11.1 Å². The first-order chi connectivity index (χ1) is 8.22. The van der Waals surface area contributed by atoms with Gasteiger partial charge in [0.05, 0.1) is 0 Å². The molecule has 2 unspecified atom stereocenters. The van der Waals surface area contributed by atoms with Crippen molar-refractivity contribution in [2.24, 2.45) is 0 Å². The fourth-order valence-corrected chi connectivity index (χ4v) is 3.43. The first kappa shape index (κ1) is 13.0. The van der Waals surface area contributed by atoms with Gasteiger partial charge in [-0.2, -0.15) is 11.8 Å². The fraction of sp³-hybridized carbons (Fsp3) is 0.769. The van der Waals surface area contributed by atoms with E-state index < -0.39 is 0 Å². The molecule has 1 amide bonds. The van der Waals surface area contributed by atoms with Gasteiger partial charge < -0.3 is 10.6 Å². The highest BCUT2D eigenvalue weighted by molar-refractivity contribution is 7.99. The van der Waals surface area contributed by atoms with E-state index in [1.165, 1.54) is 24.8 Å². The Hall–Kier alpha value is -0.480. The van der Waals surface area contributed by atoms with Gasteiger partial charge in [-0.15, -0.1) is 0 Å². The number of hydrogen-bond acceptors (Lipinski definition) is 3. The Morgan fingerprint density at radius 2 is 2.06 bits per heavy atom.